The Kier molecular flexibility index (Phi) is 8.82. The van der Waals surface area contributed by atoms with Crippen molar-refractivity contribution in [2.75, 3.05) is 0 Å². The number of allylic oxidation sites excluding steroid dienone is 2. The molecule has 0 amide bonds. The molecule has 4 saturated carbocycles. The van der Waals surface area contributed by atoms with Crippen LogP contribution in [0.15, 0.2) is 117 Å². The molecule has 0 aromatic heterocycles. The second kappa shape index (κ2) is 13.1. The minimum atomic E-state index is -0.501. The first kappa shape index (κ1) is 34.2. The Hall–Kier alpha value is -5.24. The van der Waals surface area contributed by atoms with Crippen molar-refractivity contribution in [2.24, 2.45) is 0 Å². The average molecular weight is 689 g/mol. The summed E-state index contributed by atoms with van der Waals surface area (Å²) in [7, 11) is 0. The molecule has 0 aliphatic heterocycles. The molecule has 4 aliphatic carbocycles. The zero-order valence-corrected chi connectivity index (χ0v) is 29.2. The Labute approximate surface area is 299 Å². The molecule has 3 aromatic carbocycles. The van der Waals surface area contributed by atoms with Crippen LogP contribution in [-0.4, -0.2) is 34.3 Å². The lowest BCUT2D eigenvalue weighted by atomic mass is 9.95. The maximum atomic E-state index is 13.0. The Morgan fingerprint density at radius 3 is 1.37 bits per heavy atom. The maximum absolute atomic E-state index is 13.0. The van der Waals surface area contributed by atoms with Crippen LogP contribution >= 0.6 is 0 Å². The molecule has 8 heteroatoms. The number of ether oxygens (including phenoxy) is 6. The van der Waals surface area contributed by atoms with Gasteiger partial charge in [0.1, 0.15) is 56.9 Å². The third-order valence-electron chi connectivity index (χ3n) is 11.0. The van der Waals surface area contributed by atoms with Crippen molar-refractivity contribution < 1.29 is 38.0 Å². The molecule has 0 unspecified atom stereocenters. The van der Waals surface area contributed by atoms with Gasteiger partial charge in [-0.15, -0.1) is 0 Å². The van der Waals surface area contributed by atoms with Crippen molar-refractivity contribution in [3.05, 3.63) is 133 Å². The van der Waals surface area contributed by atoms with Crippen molar-refractivity contribution in [3.8, 4) is 23.0 Å². The fourth-order valence-electron chi connectivity index (χ4n) is 8.34. The van der Waals surface area contributed by atoms with Crippen LogP contribution in [0.3, 0.4) is 0 Å². The van der Waals surface area contributed by atoms with Gasteiger partial charge >= 0.3 is 11.9 Å². The summed E-state index contributed by atoms with van der Waals surface area (Å²) in [6.45, 7) is 17.1. The predicted molar refractivity (Wildman–Crippen MR) is 193 cm³/mol. The van der Waals surface area contributed by atoms with Gasteiger partial charge in [-0.05, 0) is 143 Å². The van der Waals surface area contributed by atoms with E-state index in [4.69, 9.17) is 28.4 Å². The van der Waals surface area contributed by atoms with Crippen LogP contribution in [0.1, 0.15) is 90.5 Å². The lowest BCUT2D eigenvalue weighted by molar-refractivity contribution is 0.0180. The highest BCUT2D eigenvalue weighted by molar-refractivity contribution is 5.92. The summed E-state index contributed by atoms with van der Waals surface area (Å²) in [6.07, 6.45) is 12.1. The van der Waals surface area contributed by atoms with Crippen LogP contribution in [0.4, 0.5) is 0 Å². The lowest BCUT2D eigenvalue weighted by Gasteiger charge is -2.28. The molecule has 0 radical (unpaired) electrons. The molecule has 8 nitrogen and oxygen atoms in total. The second-order valence-electron chi connectivity index (χ2n) is 14.6. The largest absolute Gasteiger partial charge is 0.488 e. The molecule has 3 aromatic rings. The van der Waals surface area contributed by atoms with E-state index in [9.17, 15) is 9.59 Å². The highest BCUT2D eigenvalue weighted by Gasteiger charge is 2.59. The third-order valence-corrected chi connectivity index (χ3v) is 11.0. The maximum Gasteiger partial charge on any atom is 0.343 e. The average Bonchev–Trinajstić information content (AvgIpc) is 3.87. The van der Waals surface area contributed by atoms with Gasteiger partial charge in [0.15, 0.2) is 0 Å². The van der Waals surface area contributed by atoms with Gasteiger partial charge in [0.05, 0.1) is 11.1 Å². The molecule has 51 heavy (non-hydrogen) atoms. The molecule has 4 aliphatic rings. The Balaban J connectivity index is 0.907. The number of aryl methyl sites for hydroxylation is 1. The fourth-order valence-corrected chi connectivity index (χ4v) is 8.34. The predicted octanol–water partition coefficient (Wildman–Crippen LogP) is 9.53. The molecule has 0 saturated heterocycles. The van der Waals surface area contributed by atoms with Crippen molar-refractivity contribution in [1.29, 1.82) is 0 Å². The van der Waals surface area contributed by atoms with E-state index < -0.39 is 11.9 Å². The van der Waals surface area contributed by atoms with E-state index in [2.05, 4.69) is 26.3 Å². The Morgan fingerprint density at radius 1 is 0.569 bits per heavy atom. The van der Waals surface area contributed by atoms with Crippen LogP contribution in [0.5, 0.6) is 23.0 Å². The fraction of sp³-hybridized carbons (Fsp3) is 0.349. The van der Waals surface area contributed by atoms with Gasteiger partial charge in [-0.3, -0.25) is 0 Å². The molecule has 0 spiro atoms. The van der Waals surface area contributed by atoms with Crippen LogP contribution in [0, 0.1) is 6.92 Å². The summed E-state index contributed by atoms with van der Waals surface area (Å²) in [5, 5.41) is 0. The molecular weight excluding hydrogens is 644 g/mol. The van der Waals surface area contributed by atoms with E-state index >= 15 is 0 Å². The van der Waals surface area contributed by atoms with Crippen LogP contribution in [-0.2, 0) is 9.47 Å². The summed E-state index contributed by atoms with van der Waals surface area (Å²) >= 11 is 0. The molecule has 0 atom stereocenters. The van der Waals surface area contributed by atoms with E-state index in [0.29, 0.717) is 51.2 Å². The Morgan fingerprint density at radius 2 is 0.961 bits per heavy atom. The molecule has 4 bridgehead atoms. The first-order chi connectivity index (χ1) is 24.4. The zero-order chi connectivity index (χ0) is 35.9. The number of benzene rings is 3. The molecular formula is C43H44O8. The second-order valence-corrected chi connectivity index (χ2v) is 14.6. The number of carbonyl (C=O) groups is 2. The standard InChI is InChI=1S/C43H44O8/c1-6-30(4)48-40-18-22-42(27-40,23-19-40)50-34-12-8-32(9-13-34)38(44)46-36-16-17-37(29(3)26-36)47-39(45)33-10-14-35(15-11-33)51-43-24-20-41(28-43,21-25-43)49-31(5)7-2/h6-17,26H,1-2,4-5,18-25,27-28H2,3H3. The van der Waals surface area contributed by atoms with Gasteiger partial charge in [0.25, 0.3) is 0 Å². The third kappa shape index (κ3) is 7.05. The number of esters is 2. The first-order valence-electron chi connectivity index (χ1n) is 17.6. The van der Waals surface area contributed by atoms with E-state index in [-0.39, 0.29) is 22.4 Å². The minimum Gasteiger partial charge on any atom is -0.488 e. The molecule has 264 valence electrons. The lowest BCUT2D eigenvalue weighted by Crippen LogP contribution is -2.30. The monoisotopic (exact) mass is 688 g/mol. The highest BCUT2D eigenvalue weighted by atomic mass is 16.5. The summed E-state index contributed by atoms with van der Waals surface area (Å²) in [5.41, 5.74) is 0.408. The number of carbonyl (C=O) groups excluding carboxylic acids is 2. The summed E-state index contributed by atoms with van der Waals surface area (Å²) in [4.78, 5) is 26.0. The highest BCUT2D eigenvalue weighted by Crippen LogP contribution is 2.56. The number of hydrogen-bond donors (Lipinski definition) is 0. The summed E-state index contributed by atoms with van der Waals surface area (Å²) in [5.74, 6) is 2.30. The molecule has 0 N–H and O–H groups in total. The van der Waals surface area contributed by atoms with Gasteiger partial charge in [0, 0.05) is 12.8 Å². The van der Waals surface area contributed by atoms with Gasteiger partial charge in [-0.1, -0.05) is 26.3 Å². The van der Waals surface area contributed by atoms with Crippen molar-refractivity contribution >= 4 is 11.9 Å². The van der Waals surface area contributed by atoms with Crippen LogP contribution < -0.4 is 18.9 Å². The van der Waals surface area contributed by atoms with Crippen molar-refractivity contribution in [1.82, 2.24) is 0 Å². The van der Waals surface area contributed by atoms with Gasteiger partial charge in [0.2, 0.25) is 0 Å². The van der Waals surface area contributed by atoms with Crippen LogP contribution in [0.25, 0.3) is 0 Å². The minimum absolute atomic E-state index is 0.236. The van der Waals surface area contributed by atoms with E-state index in [1.807, 2.05) is 0 Å². The quantitative estimate of drug-likeness (QED) is 0.0716. The van der Waals surface area contributed by atoms with Gasteiger partial charge in [-0.2, -0.15) is 0 Å². The number of hydrogen-bond acceptors (Lipinski definition) is 8. The zero-order valence-electron chi connectivity index (χ0n) is 29.2. The summed E-state index contributed by atoms with van der Waals surface area (Å²) in [6, 6.07) is 18.9. The molecule has 4 fully saturated rings. The van der Waals surface area contributed by atoms with Crippen LogP contribution in [0.2, 0.25) is 0 Å². The smallest absolute Gasteiger partial charge is 0.343 e. The number of rotatable bonds is 14. The first-order valence-corrected chi connectivity index (χ1v) is 17.6. The Bertz CT molecular complexity index is 1870. The van der Waals surface area contributed by atoms with E-state index in [1.165, 1.54) is 0 Å². The summed E-state index contributed by atoms with van der Waals surface area (Å²) < 4.78 is 36.5. The topological polar surface area (TPSA) is 89.5 Å². The number of fused-ring (bicyclic) bond motifs is 4. The van der Waals surface area contributed by atoms with Crippen molar-refractivity contribution in [3.63, 3.8) is 0 Å². The van der Waals surface area contributed by atoms with E-state index in [1.54, 1.807) is 85.8 Å². The van der Waals surface area contributed by atoms with Gasteiger partial charge < -0.3 is 28.4 Å². The normalized spacial score (nSPS) is 26.9. The van der Waals surface area contributed by atoms with Gasteiger partial charge in [-0.25, -0.2) is 9.59 Å². The van der Waals surface area contributed by atoms with E-state index in [0.717, 1.165) is 64.2 Å². The van der Waals surface area contributed by atoms with Crippen molar-refractivity contribution in [2.45, 2.75) is 93.5 Å². The SMILES string of the molecule is C=CC(=C)OC12CCC(Oc3ccc(C(=O)Oc4ccc(OC(=O)c5ccc(OC67CCC(OC(=C)C=C)(CC6)C7)cc5)c(C)c4)cc3)(CC1)C2. The molecule has 7 rings (SSSR count). The molecule has 0 heterocycles.